The number of imidazole rings is 2. The van der Waals surface area contributed by atoms with E-state index in [1.54, 1.807) is 7.11 Å². The van der Waals surface area contributed by atoms with Crippen LogP contribution in [0.15, 0.2) is 48.7 Å². The van der Waals surface area contributed by atoms with Crippen molar-refractivity contribution in [2.45, 2.75) is 91.1 Å². The van der Waals surface area contributed by atoms with Crippen molar-refractivity contribution in [2.24, 2.45) is 23.7 Å². The lowest BCUT2D eigenvalue weighted by molar-refractivity contribution is -0.136. The van der Waals surface area contributed by atoms with E-state index in [0.29, 0.717) is 50.8 Å². The zero-order valence-electron chi connectivity index (χ0n) is 37.9. The largest absolute Gasteiger partial charge is 0.488 e. The minimum absolute atomic E-state index is 0.0791. The Morgan fingerprint density at radius 2 is 1.50 bits per heavy atom. The molecule has 3 unspecified atom stereocenters. The van der Waals surface area contributed by atoms with Gasteiger partial charge in [-0.05, 0) is 76.9 Å². The van der Waals surface area contributed by atoms with Gasteiger partial charge in [-0.1, -0.05) is 65.7 Å². The molecule has 8 atom stereocenters. The highest BCUT2D eigenvalue weighted by Gasteiger charge is 2.43. The Kier molecular flexibility index (Phi) is 12.9. The van der Waals surface area contributed by atoms with E-state index >= 15 is 0 Å². The van der Waals surface area contributed by atoms with Crippen LogP contribution in [0.2, 0.25) is 0 Å². The molecule has 5 aromatic rings. The van der Waals surface area contributed by atoms with Crippen LogP contribution in [0.5, 0.6) is 5.75 Å². The SMILES string of the molecule is CCC(C)[C@H](NC(=O)OC)C(=O)N1C[C@@H](C)CC1c1ncc(-c2ccc3c(c2)COc2cc4c(ccc5nc([C@@H]6C[C@H](COC)CN6C(=O)C(NC(=O)OC)[C@@H](C)CC)[nH]c54)cc2-3)[nH]1. The van der Waals surface area contributed by atoms with Gasteiger partial charge in [-0.3, -0.25) is 9.59 Å². The third-order valence-corrected chi connectivity index (χ3v) is 13.7. The number of hydrogen-bond donors (Lipinski definition) is 4. The summed E-state index contributed by atoms with van der Waals surface area (Å²) in [5, 5.41) is 7.53. The first-order chi connectivity index (χ1) is 30.8. The normalized spacial score (nSPS) is 21.1. The number of fused-ring (bicyclic) bond motifs is 6. The van der Waals surface area contributed by atoms with Crippen LogP contribution in [0.25, 0.3) is 44.2 Å². The van der Waals surface area contributed by atoms with E-state index in [-0.39, 0.29) is 47.6 Å². The molecule has 0 saturated carbocycles. The molecule has 4 N–H and O–H groups in total. The molecule has 340 valence electrons. The van der Waals surface area contributed by atoms with Crippen molar-refractivity contribution < 1.29 is 38.1 Å². The predicted molar refractivity (Wildman–Crippen MR) is 241 cm³/mol. The number of benzene rings is 3. The van der Waals surface area contributed by atoms with E-state index in [0.717, 1.165) is 68.3 Å². The fraction of sp³-hybridized carbons (Fsp3) is 0.500. The van der Waals surface area contributed by atoms with Crippen LogP contribution in [-0.2, 0) is 30.4 Å². The summed E-state index contributed by atoms with van der Waals surface area (Å²) in [7, 11) is 4.26. The molecule has 16 nitrogen and oxygen atoms in total. The predicted octanol–water partition coefficient (Wildman–Crippen LogP) is 7.65. The molecule has 0 aliphatic carbocycles. The molecule has 64 heavy (non-hydrogen) atoms. The quantitative estimate of drug-likeness (QED) is 0.0913. The van der Waals surface area contributed by atoms with Gasteiger partial charge in [0.2, 0.25) is 11.8 Å². The third kappa shape index (κ3) is 8.47. The van der Waals surface area contributed by atoms with Gasteiger partial charge in [0.05, 0.1) is 55.8 Å². The highest BCUT2D eigenvalue weighted by Crippen LogP contribution is 2.44. The second-order valence-electron chi connectivity index (χ2n) is 17.9. The molecule has 0 spiro atoms. The average Bonchev–Trinajstić information content (AvgIpc) is 4.14. The third-order valence-electron chi connectivity index (χ3n) is 13.7. The second kappa shape index (κ2) is 18.5. The van der Waals surface area contributed by atoms with Gasteiger partial charge >= 0.3 is 12.2 Å². The summed E-state index contributed by atoms with van der Waals surface area (Å²) in [5.74, 6) is 2.01. The molecule has 8 rings (SSSR count). The summed E-state index contributed by atoms with van der Waals surface area (Å²) >= 11 is 0. The summed E-state index contributed by atoms with van der Waals surface area (Å²) < 4.78 is 21.7. The lowest BCUT2D eigenvalue weighted by Gasteiger charge is -2.30. The van der Waals surface area contributed by atoms with E-state index in [9.17, 15) is 19.2 Å². The van der Waals surface area contributed by atoms with Crippen LogP contribution in [0, 0.1) is 23.7 Å². The lowest BCUT2D eigenvalue weighted by Crippen LogP contribution is -2.51. The Labute approximate surface area is 373 Å². The monoisotopic (exact) mass is 876 g/mol. The highest BCUT2D eigenvalue weighted by atomic mass is 16.5. The average molecular weight is 877 g/mol. The Balaban J connectivity index is 1.05. The zero-order valence-corrected chi connectivity index (χ0v) is 37.9. The Hall–Kier alpha value is -6.16. The van der Waals surface area contributed by atoms with Gasteiger partial charge in [0.25, 0.3) is 0 Å². The molecule has 0 radical (unpaired) electrons. The first-order valence-corrected chi connectivity index (χ1v) is 22.4. The van der Waals surface area contributed by atoms with E-state index in [2.05, 4.69) is 63.9 Å². The van der Waals surface area contributed by atoms with Crippen molar-refractivity contribution in [1.29, 1.82) is 0 Å². The fourth-order valence-corrected chi connectivity index (χ4v) is 9.72. The molecular weight excluding hydrogens is 817 g/mol. The number of H-pyrrole nitrogens is 2. The molecule has 5 heterocycles. The van der Waals surface area contributed by atoms with E-state index < -0.39 is 24.3 Å². The lowest BCUT2D eigenvalue weighted by atomic mass is 9.92. The Bertz CT molecular complexity index is 2550. The van der Waals surface area contributed by atoms with E-state index in [4.69, 9.17) is 28.9 Å². The molecule has 0 bridgehead atoms. The Morgan fingerprint density at radius 1 is 0.828 bits per heavy atom. The number of carbonyl (C=O) groups excluding carboxylic acids is 4. The first kappa shape index (κ1) is 44.4. The maximum atomic E-state index is 14.2. The number of ether oxygens (including phenoxy) is 4. The number of nitrogens with one attached hydrogen (secondary N) is 4. The number of aromatic amines is 2. The number of amides is 4. The number of rotatable bonds is 13. The smallest absolute Gasteiger partial charge is 0.407 e. The number of nitrogens with zero attached hydrogens (tertiary/aromatic N) is 4. The van der Waals surface area contributed by atoms with Crippen LogP contribution in [0.4, 0.5) is 9.59 Å². The van der Waals surface area contributed by atoms with Crippen LogP contribution in [0.3, 0.4) is 0 Å². The molecular formula is C48H60N8O8. The van der Waals surface area contributed by atoms with Crippen molar-refractivity contribution in [3.63, 3.8) is 0 Å². The van der Waals surface area contributed by atoms with Crippen LogP contribution < -0.4 is 15.4 Å². The molecule has 2 saturated heterocycles. The van der Waals surface area contributed by atoms with Crippen molar-refractivity contribution in [3.8, 4) is 28.1 Å². The van der Waals surface area contributed by atoms with Crippen molar-refractivity contribution in [2.75, 3.05) is 41.0 Å². The van der Waals surface area contributed by atoms with Gasteiger partial charge in [-0.2, -0.15) is 0 Å². The summed E-state index contributed by atoms with van der Waals surface area (Å²) in [6.07, 6.45) is 3.38. The maximum Gasteiger partial charge on any atom is 0.407 e. The van der Waals surface area contributed by atoms with Gasteiger partial charge < -0.3 is 49.3 Å². The number of likely N-dealkylation sites (tertiary alicyclic amines) is 2. The number of hydrogen-bond acceptors (Lipinski definition) is 10. The summed E-state index contributed by atoms with van der Waals surface area (Å²) in [6, 6.07) is 12.6. The van der Waals surface area contributed by atoms with Crippen LogP contribution >= 0.6 is 0 Å². The van der Waals surface area contributed by atoms with Crippen molar-refractivity contribution >= 4 is 45.8 Å². The van der Waals surface area contributed by atoms with Gasteiger partial charge in [0, 0.05) is 37.1 Å². The van der Waals surface area contributed by atoms with Crippen molar-refractivity contribution in [1.82, 2.24) is 40.4 Å². The maximum absolute atomic E-state index is 14.2. The van der Waals surface area contributed by atoms with Crippen LogP contribution in [0.1, 0.15) is 89.6 Å². The van der Waals surface area contributed by atoms with Gasteiger partial charge in [-0.15, -0.1) is 0 Å². The molecule has 2 fully saturated rings. The van der Waals surface area contributed by atoms with Crippen molar-refractivity contribution in [3.05, 3.63) is 65.9 Å². The Morgan fingerprint density at radius 3 is 2.16 bits per heavy atom. The standard InChI is InChI=1S/C48H60N8O8/c1-9-26(4)40(53-47(59)62-7)45(57)55-21-25(3)15-37(55)43-49-20-36(51-43)30-11-13-32-31(17-30)24-64-39-19-33-29(18-34(32)39)12-14-35-42(33)52-44(50-35)38-16-28(23-61-6)22-56(38)46(58)41(27(5)10-2)54-48(60)63-8/h11-14,17-20,25-28,37-38,40-41H,9-10,15-16,21-24H2,1-8H3,(H,49,51)(H,50,52)(H,53,59)(H,54,60)/t25-,26?,27-,28-,37?,38-,40-,41?/m0/s1. The summed E-state index contributed by atoms with van der Waals surface area (Å²) in [6.45, 7) is 11.9. The van der Waals surface area contributed by atoms with Gasteiger partial charge in [-0.25, -0.2) is 19.6 Å². The first-order valence-electron chi connectivity index (χ1n) is 22.4. The number of carbonyl (C=O) groups is 4. The van der Waals surface area contributed by atoms with E-state index in [1.165, 1.54) is 14.2 Å². The molecule has 3 aliphatic heterocycles. The summed E-state index contributed by atoms with van der Waals surface area (Å²) in [4.78, 5) is 73.4. The molecule has 2 aromatic heterocycles. The highest BCUT2D eigenvalue weighted by molar-refractivity contribution is 6.07. The minimum atomic E-state index is -0.748. The molecule has 16 heteroatoms. The fourth-order valence-electron chi connectivity index (χ4n) is 9.72. The number of aromatic nitrogens is 4. The molecule has 3 aromatic carbocycles. The number of alkyl carbamates (subject to hydrolysis) is 2. The number of methoxy groups -OCH3 is 3. The van der Waals surface area contributed by atoms with Gasteiger partial charge in [0.1, 0.15) is 36.1 Å². The zero-order chi connectivity index (χ0) is 45.4. The van der Waals surface area contributed by atoms with Crippen LogP contribution in [-0.4, -0.2) is 107 Å². The molecule has 4 amide bonds. The minimum Gasteiger partial charge on any atom is -0.488 e. The van der Waals surface area contributed by atoms with E-state index in [1.807, 2.05) is 49.8 Å². The summed E-state index contributed by atoms with van der Waals surface area (Å²) in [5.41, 5.74) is 6.53. The second-order valence-corrected chi connectivity index (χ2v) is 17.9. The van der Waals surface area contributed by atoms with Gasteiger partial charge in [0.15, 0.2) is 0 Å². The molecule has 3 aliphatic rings. The topological polar surface area (TPSA) is 193 Å².